The third kappa shape index (κ3) is 5.66. The summed E-state index contributed by atoms with van der Waals surface area (Å²) < 4.78 is 5.90. The van der Waals surface area contributed by atoms with Gasteiger partial charge in [-0.2, -0.15) is 5.26 Å². The first-order valence-electron chi connectivity index (χ1n) is 9.26. The number of ether oxygens (including phenoxy) is 1. The van der Waals surface area contributed by atoms with Crippen LogP contribution in [-0.4, -0.2) is 22.3 Å². The van der Waals surface area contributed by atoms with E-state index in [2.05, 4.69) is 9.98 Å². The second-order valence-corrected chi connectivity index (χ2v) is 7.75. The van der Waals surface area contributed by atoms with E-state index in [1.54, 1.807) is 30.5 Å². The van der Waals surface area contributed by atoms with E-state index in [1.165, 1.54) is 6.92 Å². The summed E-state index contributed by atoms with van der Waals surface area (Å²) in [5.74, 6) is -0.117. The highest BCUT2D eigenvalue weighted by Gasteiger charge is 2.15. The molecule has 0 bridgehead atoms. The zero-order valence-electron chi connectivity index (χ0n) is 16.8. The van der Waals surface area contributed by atoms with Gasteiger partial charge in [0.25, 0.3) is 0 Å². The molecule has 0 saturated carbocycles. The molecule has 8 heteroatoms. The second-order valence-electron chi connectivity index (χ2n) is 6.94. The van der Waals surface area contributed by atoms with E-state index in [1.807, 2.05) is 25.1 Å². The van der Waals surface area contributed by atoms with Gasteiger partial charge in [0.1, 0.15) is 17.6 Å². The van der Waals surface area contributed by atoms with Crippen LogP contribution >= 0.6 is 23.2 Å². The highest BCUT2D eigenvalue weighted by Crippen LogP contribution is 2.38. The number of aromatic nitrogens is 1. The summed E-state index contributed by atoms with van der Waals surface area (Å²) in [6, 6.07) is 12.4. The molecular weight excluding hydrogens is 437 g/mol. The van der Waals surface area contributed by atoms with Gasteiger partial charge in [-0.1, -0.05) is 23.2 Å². The summed E-state index contributed by atoms with van der Waals surface area (Å²) in [5, 5.41) is 10.5. The molecule has 0 fully saturated rings. The molecule has 1 heterocycles. The molecule has 1 aromatic heterocycles. The van der Waals surface area contributed by atoms with Crippen LogP contribution in [-0.2, 0) is 16.1 Å². The van der Waals surface area contributed by atoms with Crippen molar-refractivity contribution in [3.8, 4) is 17.6 Å². The third-order valence-corrected chi connectivity index (χ3v) is 4.83. The number of hydrogen-bond donors (Lipinski definition) is 0. The Kier molecular flexibility index (Phi) is 7.01. The molecule has 0 saturated heterocycles. The van der Waals surface area contributed by atoms with Gasteiger partial charge >= 0.3 is 0 Å². The van der Waals surface area contributed by atoms with Gasteiger partial charge in [0.2, 0.25) is 0 Å². The van der Waals surface area contributed by atoms with Crippen LogP contribution in [0, 0.1) is 18.3 Å². The van der Waals surface area contributed by atoms with Crippen molar-refractivity contribution in [3.05, 3.63) is 63.8 Å². The fourth-order valence-corrected chi connectivity index (χ4v) is 3.48. The van der Waals surface area contributed by atoms with Crippen LogP contribution in [0.1, 0.15) is 24.5 Å². The van der Waals surface area contributed by atoms with Crippen molar-refractivity contribution in [1.82, 2.24) is 4.98 Å². The second kappa shape index (κ2) is 9.69. The minimum atomic E-state index is -0.617. The molecule has 0 aliphatic carbocycles. The highest BCUT2D eigenvalue weighted by molar-refractivity contribution is 6.48. The number of nitriles is 1. The molecule has 0 amide bonds. The average molecular weight is 454 g/mol. The quantitative estimate of drug-likeness (QED) is 0.340. The molecule has 0 aliphatic heterocycles. The number of halogens is 2. The van der Waals surface area contributed by atoms with Gasteiger partial charge in [0, 0.05) is 11.6 Å². The van der Waals surface area contributed by atoms with E-state index in [4.69, 9.17) is 33.2 Å². The molecule has 6 nitrogen and oxygen atoms in total. The normalized spacial score (nSPS) is 11.3. The van der Waals surface area contributed by atoms with Crippen molar-refractivity contribution < 1.29 is 14.3 Å². The molecule has 0 unspecified atom stereocenters. The molecule has 0 aliphatic rings. The number of nitrogens with zero attached hydrogens (tertiary/aromatic N) is 3. The van der Waals surface area contributed by atoms with Gasteiger partial charge < -0.3 is 4.74 Å². The summed E-state index contributed by atoms with van der Waals surface area (Å²) >= 11 is 12.7. The molecule has 0 atom stereocenters. The van der Waals surface area contributed by atoms with Crippen LogP contribution in [0.3, 0.4) is 0 Å². The minimum absolute atomic E-state index is 0.00712. The molecule has 3 rings (SSSR count). The van der Waals surface area contributed by atoms with Crippen molar-refractivity contribution in [2.24, 2.45) is 4.99 Å². The first-order valence-corrected chi connectivity index (χ1v) is 10.0. The van der Waals surface area contributed by atoms with Gasteiger partial charge in [0.05, 0.1) is 28.5 Å². The Balaban J connectivity index is 1.82. The molecular formula is C23H17Cl2N3O3. The van der Waals surface area contributed by atoms with E-state index in [0.29, 0.717) is 11.3 Å². The number of rotatable bonds is 7. The summed E-state index contributed by atoms with van der Waals surface area (Å²) in [6.45, 7) is 3.24. The molecule has 0 radical (unpaired) electrons. The summed E-state index contributed by atoms with van der Waals surface area (Å²) in [7, 11) is 0. The minimum Gasteiger partial charge on any atom is -0.454 e. The van der Waals surface area contributed by atoms with E-state index in [0.717, 1.165) is 16.5 Å². The molecule has 2 aromatic carbocycles. The summed E-state index contributed by atoms with van der Waals surface area (Å²) in [5.41, 5.74) is 2.15. The van der Waals surface area contributed by atoms with Crippen LogP contribution in [0.5, 0.6) is 11.5 Å². The largest absolute Gasteiger partial charge is 0.454 e. The average Bonchev–Trinajstić information content (AvgIpc) is 2.70. The lowest BCUT2D eigenvalue weighted by Gasteiger charge is -2.12. The van der Waals surface area contributed by atoms with E-state index >= 15 is 0 Å². The molecule has 0 N–H and O–H groups in total. The molecule has 3 aromatic rings. The van der Waals surface area contributed by atoms with Crippen LogP contribution in [0.4, 0.5) is 0 Å². The fraction of sp³-hybridized carbons (Fsp3) is 0.174. The molecule has 156 valence electrons. The Morgan fingerprint density at radius 2 is 1.87 bits per heavy atom. The monoisotopic (exact) mass is 453 g/mol. The lowest BCUT2D eigenvalue weighted by molar-refractivity contribution is -0.122. The topological polar surface area (TPSA) is 92.4 Å². The lowest BCUT2D eigenvalue weighted by atomic mass is 10.1. The first-order chi connectivity index (χ1) is 14.8. The SMILES string of the molecule is CC(=O)CC(=O)C(C#N)=NCc1cc(Cl)c(Oc2ccc3ncc(C)cc3c2)c(Cl)c1. The standard InChI is InChI=1S/C23H17Cl2N3O3/c1-13-5-16-9-17(3-4-20(16)27-11-13)31-23-18(24)7-15(8-19(23)25)12-28-21(10-26)22(30)6-14(2)29/h3-5,7-9,11H,6,12H2,1-2H3. The predicted molar refractivity (Wildman–Crippen MR) is 120 cm³/mol. The molecule has 31 heavy (non-hydrogen) atoms. The first kappa shape index (κ1) is 22.4. The van der Waals surface area contributed by atoms with Crippen molar-refractivity contribution in [2.45, 2.75) is 26.8 Å². The number of hydrogen-bond acceptors (Lipinski definition) is 6. The van der Waals surface area contributed by atoms with Crippen molar-refractivity contribution in [1.29, 1.82) is 5.26 Å². The highest BCUT2D eigenvalue weighted by atomic mass is 35.5. The van der Waals surface area contributed by atoms with Gasteiger partial charge in [-0.15, -0.1) is 0 Å². The van der Waals surface area contributed by atoms with Crippen molar-refractivity contribution in [2.75, 3.05) is 0 Å². The Labute approximate surface area is 189 Å². The zero-order valence-corrected chi connectivity index (χ0v) is 18.3. The van der Waals surface area contributed by atoms with E-state index < -0.39 is 5.78 Å². The van der Waals surface area contributed by atoms with E-state index in [9.17, 15) is 9.59 Å². The Bertz CT molecular complexity index is 1240. The van der Waals surface area contributed by atoms with E-state index in [-0.39, 0.29) is 40.3 Å². The van der Waals surface area contributed by atoms with Crippen LogP contribution < -0.4 is 4.74 Å². The van der Waals surface area contributed by atoms with Gasteiger partial charge in [-0.05, 0) is 61.4 Å². The third-order valence-electron chi connectivity index (χ3n) is 4.27. The van der Waals surface area contributed by atoms with Crippen LogP contribution in [0.25, 0.3) is 10.9 Å². The maximum absolute atomic E-state index is 11.9. The predicted octanol–water partition coefficient (Wildman–Crippen LogP) is 5.66. The number of aryl methyl sites for hydroxylation is 1. The maximum Gasteiger partial charge on any atom is 0.198 e. The van der Waals surface area contributed by atoms with Gasteiger partial charge in [-0.25, -0.2) is 0 Å². The van der Waals surface area contributed by atoms with Crippen molar-refractivity contribution >= 4 is 51.4 Å². The summed E-state index contributed by atoms with van der Waals surface area (Å²) in [4.78, 5) is 31.3. The van der Waals surface area contributed by atoms with Gasteiger partial charge in [0.15, 0.2) is 17.2 Å². The number of carbonyl (C=O) groups is 2. The Morgan fingerprint density at radius 3 is 2.52 bits per heavy atom. The number of Topliss-reactive ketones (excluding diaryl/α,β-unsaturated/α-hetero) is 2. The smallest absolute Gasteiger partial charge is 0.198 e. The fourth-order valence-electron chi connectivity index (χ4n) is 2.87. The zero-order chi connectivity index (χ0) is 22.5. The Hall–Kier alpha value is -3.27. The number of ketones is 2. The van der Waals surface area contributed by atoms with Crippen LogP contribution in [0.2, 0.25) is 10.0 Å². The number of fused-ring (bicyclic) bond motifs is 1. The number of carbonyl (C=O) groups excluding carboxylic acids is 2. The number of aliphatic imine (C=N–C) groups is 1. The summed E-state index contributed by atoms with van der Waals surface area (Å²) in [6.07, 6.45) is 1.44. The van der Waals surface area contributed by atoms with Crippen molar-refractivity contribution in [3.63, 3.8) is 0 Å². The maximum atomic E-state index is 11.9. The molecule has 0 spiro atoms. The van der Waals surface area contributed by atoms with Gasteiger partial charge in [-0.3, -0.25) is 19.6 Å². The number of benzene rings is 2. The number of pyridine rings is 1. The van der Waals surface area contributed by atoms with Crippen LogP contribution in [0.15, 0.2) is 47.6 Å². The Morgan fingerprint density at radius 1 is 1.16 bits per heavy atom. The lowest BCUT2D eigenvalue weighted by Crippen LogP contribution is -2.15.